The maximum Gasteiger partial charge on any atom is 0.191 e. The highest BCUT2D eigenvalue weighted by Gasteiger charge is 2.01. The second-order valence-corrected chi connectivity index (χ2v) is 4.78. The molecule has 0 heterocycles. The molecule has 2 N–H and O–H groups in total. The lowest BCUT2D eigenvalue weighted by Crippen LogP contribution is -2.41. The topological polar surface area (TPSA) is 48.9 Å². The Bertz CT molecular complexity index is 445. The van der Waals surface area contributed by atoms with E-state index in [0.29, 0.717) is 12.5 Å². The van der Waals surface area contributed by atoms with Crippen molar-refractivity contribution in [1.29, 1.82) is 0 Å². The largest absolute Gasteiger partial charge is 0.383 e. The summed E-state index contributed by atoms with van der Waals surface area (Å²) in [6, 6.07) is 6.53. The van der Waals surface area contributed by atoms with Gasteiger partial charge in [-0.2, -0.15) is 0 Å². The summed E-state index contributed by atoms with van der Waals surface area (Å²) in [4.78, 5) is 6.32. The number of ether oxygens (including phenoxy) is 1. The number of methoxy groups -OCH3 is 1. The standard InChI is InChI=1S/C15H25FN4O.HI/c1-17-15(18-7-8-20(2)9-10-21-3)19-12-13-5-4-6-14(16)11-13;/h4-6,11H,7-10,12H2,1-3H3,(H2,17,18,19);1H. The number of nitrogens with zero attached hydrogens (tertiary/aromatic N) is 2. The quantitative estimate of drug-likeness (QED) is 0.379. The molecule has 0 radical (unpaired) electrons. The molecule has 7 heteroatoms. The van der Waals surface area contributed by atoms with Gasteiger partial charge in [-0.1, -0.05) is 12.1 Å². The van der Waals surface area contributed by atoms with E-state index in [4.69, 9.17) is 4.74 Å². The Kier molecular flexibility index (Phi) is 12.1. The second-order valence-electron chi connectivity index (χ2n) is 4.78. The molecule has 0 unspecified atom stereocenters. The first kappa shape index (κ1) is 21.1. The van der Waals surface area contributed by atoms with Crippen molar-refractivity contribution in [1.82, 2.24) is 15.5 Å². The van der Waals surface area contributed by atoms with Gasteiger partial charge in [-0.25, -0.2) is 4.39 Å². The normalized spacial score (nSPS) is 11.2. The van der Waals surface area contributed by atoms with Gasteiger partial charge in [0.05, 0.1) is 6.61 Å². The molecule has 1 rings (SSSR count). The minimum absolute atomic E-state index is 0. The van der Waals surface area contributed by atoms with Crippen LogP contribution in [0.4, 0.5) is 4.39 Å². The van der Waals surface area contributed by atoms with Crippen LogP contribution in [0.3, 0.4) is 0 Å². The molecule has 0 saturated heterocycles. The molecule has 0 saturated carbocycles. The van der Waals surface area contributed by atoms with Gasteiger partial charge < -0.3 is 20.3 Å². The maximum absolute atomic E-state index is 13.1. The zero-order chi connectivity index (χ0) is 15.5. The zero-order valence-electron chi connectivity index (χ0n) is 13.4. The molecule has 0 aliphatic heterocycles. The van der Waals surface area contributed by atoms with Crippen molar-refractivity contribution in [3.8, 4) is 0 Å². The van der Waals surface area contributed by atoms with E-state index in [2.05, 4.69) is 20.5 Å². The smallest absolute Gasteiger partial charge is 0.191 e. The molecule has 0 aliphatic rings. The van der Waals surface area contributed by atoms with Gasteiger partial charge in [0.15, 0.2) is 5.96 Å². The fourth-order valence-corrected chi connectivity index (χ4v) is 1.78. The molecule has 1 aromatic rings. The van der Waals surface area contributed by atoms with Gasteiger partial charge in [0.2, 0.25) is 0 Å². The highest BCUT2D eigenvalue weighted by atomic mass is 127. The number of hydrogen-bond donors (Lipinski definition) is 2. The SMILES string of the molecule is CN=C(NCCN(C)CCOC)NCc1cccc(F)c1.I. The molecule has 0 aromatic heterocycles. The van der Waals surface area contributed by atoms with Gasteiger partial charge >= 0.3 is 0 Å². The predicted molar refractivity (Wildman–Crippen MR) is 99.4 cm³/mol. The highest BCUT2D eigenvalue weighted by Crippen LogP contribution is 2.02. The van der Waals surface area contributed by atoms with Crippen molar-refractivity contribution in [3.63, 3.8) is 0 Å². The van der Waals surface area contributed by atoms with Gasteiger partial charge in [-0.05, 0) is 24.7 Å². The minimum atomic E-state index is -0.225. The van der Waals surface area contributed by atoms with Crippen LogP contribution in [0.5, 0.6) is 0 Å². The van der Waals surface area contributed by atoms with E-state index in [-0.39, 0.29) is 29.8 Å². The minimum Gasteiger partial charge on any atom is -0.383 e. The van der Waals surface area contributed by atoms with Crippen molar-refractivity contribution in [2.45, 2.75) is 6.54 Å². The molecular formula is C15H26FIN4O. The third kappa shape index (κ3) is 9.16. The van der Waals surface area contributed by atoms with E-state index in [1.807, 2.05) is 13.1 Å². The number of nitrogens with one attached hydrogen (secondary N) is 2. The van der Waals surface area contributed by atoms with Crippen molar-refractivity contribution in [2.24, 2.45) is 4.99 Å². The predicted octanol–water partition coefficient (Wildman–Crippen LogP) is 1.69. The van der Waals surface area contributed by atoms with Crippen LogP contribution in [0.1, 0.15) is 5.56 Å². The number of likely N-dealkylation sites (N-methyl/N-ethyl adjacent to an activating group) is 1. The molecule has 0 spiro atoms. The molecular weight excluding hydrogens is 398 g/mol. The zero-order valence-corrected chi connectivity index (χ0v) is 15.8. The Morgan fingerprint density at radius 1 is 1.32 bits per heavy atom. The summed E-state index contributed by atoms with van der Waals surface area (Å²) in [5, 5.41) is 6.38. The van der Waals surface area contributed by atoms with Crippen LogP contribution in [0, 0.1) is 5.82 Å². The third-order valence-electron chi connectivity index (χ3n) is 3.04. The fourth-order valence-electron chi connectivity index (χ4n) is 1.78. The number of guanidine groups is 1. The lowest BCUT2D eigenvalue weighted by atomic mass is 10.2. The van der Waals surface area contributed by atoms with Gasteiger partial charge in [-0.15, -0.1) is 24.0 Å². The van der Waals surface area contributed by atoms with Crippen LogP contribution >= 0.6 is 24.0 Å². The van der Waals surface area contributed by atoms with Gasteiger partial charge in [-0.3, -0.25) is 4.99 Å². The summed E-state index contributed by atoms with van der Waals surface area (Å²) < 4.78 is 18.1. The number of aliphatic imine (C=N–C) groups is 1. The first-order valence-electron chi connectivity index (χ1n) is 7.02. The molecule has 0 atom stereocenters. The number of halogens is 2. The second kappa shape index (κ2) is 12.6. The van der Waals surface area contributed by atoms with E-state index in [1.165, 1.54) is 12.1 Å². The molecule has 126 valence electrons. The van der Waals surface area contributed by atoms with Crippen LogP contribution < -0.4 is 10.6 Å². The van der Waals surface area contributed by atoms with Gasteiger partial charge in [0.25, 0.3) is 0 Å². The van der Waals surface area contributed by atoms with E-state index in [9.17, 15) is 4.39 Å². The molecule has 0 fully saturated rings. The first-order valence-corrected chi connectivity index (χ1v) is 7.02. The Labute approximate surface area is 149 Å². The van der Waals surface area contributed by atoms with E-state index in [1.54, 1.807) is 20.2 Å². The Balaban J connectivity index is 0.00000441. The molecule has 0 amide bonds. The van der Waals surface area contributed by atoms with Gasteiger partial charge in [0, 0.05) is 40.3 Å². The lowest BCUT2D eigenvalue weighted by Gasteiger charge is -2.17. The van der Waals surface area contributed by atoms with E-state index < -0.39 is 0 Å². The van der Waals surface area contributed by atoms with Crippen molar-refractivity contribution in [2.75, 3.05) is 47.4 Å². The summed E-state index contributed by atoms with van der Waals surface area (Å²) >= 11 is 0. The van der Waals surface area contributed by atoms with Crippen molar-refractivity contribution >= 4 is 29.9 Å². The fraction of sp³-hybridized carbons (Fsp3) is 0.533. The van der Waals surface area contributed by atoms with Crippen LogP contribution in [0.25, 0.3) is 0 Å². The van der Waals surface area contributed by atoms with E-state index >= 15 is 0 Å². The summed E-state index contributed by atoms with van der Waals surface area (Å²) in [6.07, 6.45) is 0. The Hall–Kier alpha value is -0.930. The summed E-state index contributed by atoms with van der Waals surface area (Å²) in [7, 11) is 5.46. The van der Waals surface area contributed by atoms with Crippen LogP contribution in [-0.2, 0) is 11.3 Å². The number of benzene rings is 1. The average molecular weight is 424 g/mol. The summed E-state index contributed by atoms with van der Waals surface area (Å²) in [5.41, 5.74) is 0.884. The molecule has 1 aromatic carbocycles. The lowest BCUT2D eigenvalue weighted by molar-refractivity contribution is 0.162. The molecule has 22 heavy (non-hydrogen) atoms. The number of rotatable bonds is 8. The monoisotopic (exact) mass is 424 g/mol. The first-order chi connectivity index (χ1) is 10.2. The molecule has 0 aliphatic carbocycles. The number of hydrogen-bond acceptors (Lipinski definition) is 3. The van der Waals surface area contributed by atoms with Crippen LogP contribution in [-0.4, -0.2) is 58.3 Å². The third-order valence-corrected chi connectivity index (χ3v) is 3.04. The molecule has 0 bridgehead atoms. The Morgan fingerprint density at radius 2 is 2.09 bits per heavy atom. The summed E-state index contributed by atoms with van der Waals surface area (Å²) in [6.45, 7) is 3.83. The van der Waals surface area contributed by atoms with E-state index in [0.717, 1.165) is 31.8 Å². The Morgan fingerprint density at radius 3 is 2.73 bits per heavy atom. The highest BCUT2D eigenvalue weighted by molar-refractivity contribution is 14.0. The summed E-state index contributed by atoms with van der Waals surface area (Å²) in [5.74, 6) is 0.483. The van der Waals surface area contributed by atoms with Gasteiger partial charge in [0.1, 0.15) is 5.82 Å². The van der Waals surface area contributed by atoms with Crippen LogP contribution in [0.15, 0.2) is 29.3 Å². The molecule has 5 nitrogen and oxygen atoms in total. The van der Waals surface area contributed by atoms with Crippen LogP contribution in [0.2, 0.25) is 0 Å². The average Bonchev–Trinajstić information content (AvgIpc) is 2.48. The van der Waals surface area contributed by atoms with Crippen molar-refractivity contribution in [3.05, 3.63) is 35.6 Å². The maximum atomic E-state index is 13.1. The van der Waals surface area contributed by atoms with Crippen molar-refractivity contribution < 1.29 is 9.13 Å².